The molecule has 5 rings (SSSR count). The quantitative estimate of drug-likeness (QED) is 0.298. The highest BCUT2D eigenvalue weighted by Gasteiger charge is 2.25. The monoisotopic (exact) mass is 536 g/mol. The molecule has 0 radical (unpaired) electrons. The highest BCUT2D eigenvalue weighted by molar-refractivity contribution is 6.04. The molecule has 0 saturated carbocycles. The summed E-state index contributed by atoms with van der Waals surface area (Å²) in [5, 5.41) is 5.74. The summed E-state index contributed by atoms with van der Waals surface area (Å²) >= 11 is 0. The van der Waals surface area contributed by atoms with Crippen LogP contribution in [0.3, 0.4) is 0 Å². The second kappa shape index (κ2) is 12.0. The van der Waals surface area contributed by atoms with Crippen molar-refractivity contribution in [2.24, 2.45) is 0 Å². The zero-order valence-corrected chi connectivity index (χ0v) is 22.6. The largest absolute Gasteiger partial charge is 0.459 e. The van der Waals surface area contributed by atoms with Crippen LogP contribution in [0.15, 0.2) is 83.5 Å². The molecule has 2 N–H and O–H groups in total. The van der Waals surface area contributed by atoms with E-state index in [1.165, 1.54) is 11.8 Å². The van der Waals surface area contributed by atoms with E-state index in [1.807, 2.05) is 36.9 Å². The molecule has 1 aliphatic rings. The number of furan rings is 1. The third-order valence-corrected chi connectivity index (χ3v) is 7.19. The van der Waals surface area contributed by atoms with Crippen LogP contribution in [0.2, 0.25) is 0 Å². The van der Waals surface area contributed by atoms with E-state index in [2.05, 4.69) is 27.8 Å². The average molecular weight is 537 g/mol. The molecule has 0 aliphatic carbocycles. The maximum absolute atomic E-state index is 13.1. The fourth-order valence-electron chi connectivity index (χ4n) is 4.99. The Bertz CT molecular complexity index is 1490. The van der Waals surface area contributed by atoms with Gasteiger partial charge in [0.15, 0.2) is 5.76 Å². The van der Waals surface area contributed by atoms with Gasteiger partial charge in [0.2, 0.25) is 0 Å². The van der Waals surface area contributed by atoms with Gasteiger partial charge in [0.25, 0.3) is 17.7 Å². The number of anilines is 2. The minimum Gasteiger partial charge on any atom is -0.459 e. The Hall–Kier alpha value is -4.72. The lowest BCUT2D eigenvalue weighted by atomic mass is 9.89. The number of rotatable bonds is 7. The number of pyridine rings is 1. The number of aryl methyl sites for hydroxylation is 2. The van der Waals surface area contributed by atoms with Gasteiger partial charge in [-0.2, -0.15) is 0 Å². The molecular weight excluding hydrogens is 504 g/mol. The first-order chi connectivity index (χ1) is 19.4. The lowest BCUT2D eigenvalue weighted by Gasteiger charge is -2.32. The van der Waals surface area contributed by atoms with Crippen LogP contribution in [0.1, 0.15) is 73.9 Å². The first-order valence-electron chi connectivity index (χ1n) is 13.5. The molecule has 3 amide bonds. The van der Waals surface area contributed by atoms with Crippen LogP contribution in [0.25, 0.3) is 0 Å². The lowest BCUT2D eigenvalue weighted by molar-refractivity contribution is 0.0712. The summed E-state index contributed by atoms with van der Waals surface area (Å²) in [6.45, 7) is 5.25. The van der Waals surface area contributed by atoms with Crippen molar-refractivity contribution in [3.63, 3.8) is 0 Å². The number of carbonyl (C=O) groups is 3. The third kappa shape index (κ3) is 6.29. The second-order valence-corrected chi connectivity index (χ2v) is 9.99. The summed E-state index contributed by atoms with van der Waals surface area (Å²) in [6, 6.07) is 21.8. The topological polar surface area (TPSA) is 105 Å². The lowest BCUT2D eigenvalue weighted by Crippen LogP contribution is -2.37. The summed E-state index contributed by atoms with van der Waals surface area (Å²) < 4.78 is 5.11. The number of likely N-dealkylation sites (tertiary alicyclic amines) is 1. The molecule has 1 fully saturated rings. The average Bonchev–Trinajstić information content (AvgIpc) is 3.53. The first-order valence-corrected chi connectivity index (χ1v) is 13.5. The van der Waals surface area contributed by atoms with Crippen LogP contribution in [-0.2, 0) is 6.42 Å². The minimum atomic E-state index is -0.337. The molecule has 0 unspecified atom stereocenters. The SMILES string of the molecule is CCc1cc(C(=O)Nc2ccc(C3CCN(C(=O)c4ccc(NC(=O)c5ccco5)cc4)CC3)cc2)cc(C)n1. The summed E-state index contributed by atoms with van der Waals surface area (Å²) in [4.78, 5) is 44.3. The van der Waals surface area contributed by atoms with E-state index >= 15 is 0 Å². The standard InChI is InChI=1S/C32H32N4O4/c1-3-26-20-25(19-21(2)33-26)30(37)34-27-10-6-22(7-11-27)23-14-16-36(17-15-23)32(39)24-8-12-28(13-9-24)35-31(38)29-5-4-18-40-29/h4-13,18-20,23H,3,14-17H2,1-2H3,(H,34,37)(H,35,38). The summed E-state index contributed by atoms with van der Waals surface area (Å²) in [6.07, 6.45) is 3.96. The predicted molar refractivity (Wildman–Crippen MR) is 154 cm³/mol. The molecule has 2 aromatic heterocycles. The van der Waals surface area contributed by atoms with Gasteiger partial charge < -0.3 is 20.0 Å². The van der Waals surface area contributed by atoms with E-state index in [0.29, 0.717) is 35.8 Å². The number of hydrogen-bond donors (Lipinski definition) is 2. The molecule has 0 bridgehead atoms. The van der Waals surface area contributed by atoms with Crippen molar-refractivity contribution in [2.45, 2.75) is 39.0 Å². The predicted octanol–water partition coefficient (Wildman–Crippen LogP) is 6.07. The van der Waals surface area contributed by atoms with Gasteiger partial charge in [-0.15, -0.1) is 0 Å². The molecule has 4 aromatic rings. The Morgan fingerprint density at radius 3 is 2.15 bits per heavy atom. The molecule has 0 spiro atoms. The van der Waals surface area contributed by atoms with Crippen LogP contribution in [-0.4, -0.2) is 40.7 Å². The summed E-state index contributed by atoms with van der Waals surface area (Å²) in [7, 11) is 0. The van der Waals surface area contributed by atoms with Gasteiger partial charge in [-0.25, -0.2) is 0 Å². The maximum Gasteiger partial charge on any atom is 0.291 e. The van der Waals surface area contributed by atoms with Crippen LogP contribution in [0.5, 0.6) is 0 Å². The zero-order chi connectivity index (χ0) is 28.1. The van der Waals surface area contributed by atoms with Gasteiger partial charge in [0.05, 0.1) is 6.26 Å². The normalized spacial score (nSPS) is 13.6. The highest BCUT2D eigenvalue weighted by Crippen LogP contribution is 2.30. The molecule has 40 heavy (non-hydrogen) atoms. The van der Waals surface area contributed by atoms with Crippen molar-refractivity contribution in [1.82, 2.24) is 9.88 Å². The molecule has 204 valence electrons. The van der Waals surface area contributed by atoms with Gasteiger partial charge in [-0.05, 0) is 98.3 Å². The Balaban J connectivity index is 1.13. The van der Waals surface area contributed by atoms with Crippen molar-refractivity contribution in [3.8, 4) is 0 Å². The number of benzene rings is 2. The van der Waals surface area contributed by atoms with Crippen molar-refractivity contribution in [2.75, 3.05) is 23.7 Å². The molecule has 1 saturated heterocycles. The maximum atomic E-state index is 13.1. The fourth-order valence-corrected chi connectivity index (χ4v) is 4.99. The Morgan fingerprint density at radius 2 is 1.52 bits per heavy atom. The number of carbonyl (C=O) groups excluding carboxylic acids is 3. The molecule has 0 atom stereocenters. The van der Waals surface area contributed by atoms with Crippen molar-refractivity contribution < 1.29 is 18.8 Å². The van der Waals surface area contributed by atoms with E-state index in [1.54, 1.807) is 42.5 Å². The third-order valence-electron chi connectivity index (χ3n) is 7.19. The smallest absolute Gasteiger partial charge is 0.291 e. The van der Waals surface area contributed by atoms with E-state index in [9.17, 15) is 14.4 Å². The van der Waals surface area contributed by atoms with Crippen LogP contribution in [0, 0.1) is 6.92 Å². The molecule has 8 nitrogen and oxygen atoms in total. The van der Waals surface area contributed by atoms with E-state index in [0.717, 1.165) is 36.3 Å². The number of nitrogens with zero attached hydrogens (tertiary/aromatic N) is 2. The van der Waals surface area contributed by atoms with Crippen molar-refractivity contribution >= 4 is 29.1 Å². The minimum absolute atomic E-state index is 0.0157. The van der Waals surface area contributed by atoms with Crippen LogP contribution in [0.4, 0.5) is 11.4 Å². The molecular formula is C32H32N4O4. The number of amides is 3. The molecule has 3 heterocycles. The zero-order valence-electron chi connectivity index (χ0n) is 22.6. The molecule has 1 aliphatic heterocycles. The van der Waals surface area contributed by atoms with E-state index < -0.39 is 0 Å². The fraction of sp³-hybridized carbons (Fsp3) is 0.250. The van der Waals surface area contributed by atoms with Crippen LogP contribution < -0.4 is 10.6 Å². The Kier molecular flexibility index (Phi) is 8.05. The number of aromatic nitrogens is 1. The van der Waals surface area contributed by atoms with Crippen molar-refractivity contribution in [3.05, 3.63) is 113 Å². The van der Waals surface area contributed by atoms with E-state index in [-0.39, 0.29) is 23.5 Å². The van der Waals surface area contributed by atoms with Gasteiger partial charge in [-0.3, -0.25) is 19.4 Å². The van der Waals surface area contributed by atoms with Crippen LogP contribution >= 0.6 is 0 Å². The van der Waals surface area contributed by atoms with Gasteiger partial charge in [-0.1, -0.05) is 19.1 Å². The van der Waals surface area contributed by atoms with Gasteiger partial charge in [0, 0.05) is 47.0 Å². The van der Waals surface area contributed by atoms with Gasteiger partial charge >= 0.3 is 0 Å². The Labute approximate surface area is 233 Å². The Morgan fingerprint density at radius 1 is 0.875 bits per heavy atom. The number of hydrogen-bond acceptors (Lipinski definition) is 5. The molecule has 8 heteroatoms. The first kappa shape index (κ1) is 26.9. The number of piperidine rings is 1. The second-order valence-electron chi connectivity index (χ2n) is 9.99. The summed E-state index contributed by atoms with van der Waals surface area (Å²) in [5.74, 6) is 0.0811. The van der Waals surface area contributed by atoms with Crippen molar-refractivity contribution in [1.29, 1.82) is 0 Å². The van der Waals surface area contributed by atoms with Gasteiger partial charge in [0.1, 0.15) is 0 Å². The van der Waals surface area contributed by atoms with E-state index in [4.69, 9.17) is 4.42 Å². The molecule has 2 aromatic carbocycles. The highest BCUT2D eigenvalue weighted by atomic mass is 16.3. The number of nitrogens with one attached hydrogen (secondary N) is 2. The summed E-state index contributed by atoms with van der Waals surface area (Å²) in [5.41, 5.74) is 5.47.